The Balaban J connectivity index is 2.49. The van der Waals surface area contributed by atoms with Gasteiger partial charge < -0.3 is 19.4 Å². The molecule has 6 heteroatoms. The Morgan fingerprint density at radius 3 is 2.80 bits per heavy atom. The number of aromatic nitrogens is 2. The zero-order valence-electron chi connectivity index (χ0n) is 11.2. The van der Waals surface area contributed by atoms with Crippen molar-refractivity contribution >= 4 is 27.6 Å². The van der Waals surface area contributed by atoms with Crippen LogP contribution in [-0.2, 0) is 11.5 Å². The summed E-state index contributed by atoms with van der Waals surface area (Å²) in [6, 6.07) is 9.30. The fourth-order valence-corrected chi connectivity index (χ4v) is 2.61. The van der Waals surface area contributed by atoms with Crippen molar-refractivity contribution in [2.24, 2.45) is 0 Å². The van der Waals surface area contributed by atoms with Gasteiger partial charge in [-0.2, -0.15) is 0 Å². The molecule has 2 heterocycles. The van der Waals surface area contributed by atoms with Crippen molar-refractivity contribution in [2.45, 2.75) is 13.7 Å². The van der Waals surface area contributed by atoms with Gasteiger partial charge in [-0.1, -0.05) is 18.2 Å². The fourth-order valence-electron chi connectivity index (χ4n) is 2.61. The molecule has 0 atom stereocenters. The number of methoxy groups -OCH3 is 1. The highest BCUT2D eigenvalue weighted by molar-refractivity contribution is 6.09. The fraction of sp³-hybridized carbons (Fsp3) is 0.214. The molecule has 0 saturated heterocycles. The molecule has 0 saturated carbocycles. The second-order valence-corrected chi connectivity index (χ2v) is 4.58. The van der Waals surface area contributed by atoms with Crippen LogP contribution in [0.25, 0.3) is 21.8 Å². The lowest BCUT2D eigenvalue weighted by molar-refractivity contribution is -0.389. The highest BCUT2D eigenvalue weighted by Gasteiger charge is 2.19. The molecule has 0 radical (unpaired) electrons. The Morgan fingerprint density at radius 2 is 2.10 bits per heavy atom. The minimum absolute atomic E-state index is 0.129. The van der Waals surface area contributed by atoms with Crippen molar-refractivity contribution in [2.75, 3.05) is 7.11 Å². The molecule has 2 aromatic heterocycles. The summed E-state index contributed by atoms with van der Waals surface area (Å²) >= 11 is 0. The molecule has 0 aliphatic rings. The number of benzene rings is 1. The maximum atomic E-state index is 11.0. The number of fused-ring (bicyclic) bond motifs is 3. The van der Waals surface area contributed by atoms with Crippen molar-refractivity contribution in [1.29, 1.82) is 0 Å². The summed E-state index contributed by atoms with van der Waals surface area (Å²) in [6.45, 7) is 2.16. The molecular formula is C14H13N3O3. The predicted octanol–water partition coefficient (Wildman–Crippen LogP) is 3.01. The van der Waals surface area contributed by atoms with Gasteiger partial charge in [-0.3, -0.25) is 0 Å². The number of nitro groups is 1. The molecule has 0 aliphatic heterocycles. The molecule has 0 aliphatic carbocycles. The van der Waals surface area contributed by atoms with Crippen LogP contribution in [0.15, 0.2) is 30.3 Å². The van der Waals surface area contributed by atoms with Gasteiger partial charge in [0.1, 0.15) is 6.73 Å². The minimum Gasteiger partial charge on any atom is -0.364 e. The predicted molar refractivity (Wildman–Crippen MR) is 75.6 cm³/mol. The van der Waals surface area contributed by atoms with E-state index < -0.39 is 4.92 Å². The summed E-state index contributed by atoms with van der Waals surface area (Å²) in [4.78, 5) is 14.6. The number of ether oxygens (including phenoxy) is 1. The smallest absolute Gasteiger partial charge is 0.364 e. The van der Waals surface area contributed by atoms with Gasteiger partial charge in [0.15, 0.2) is 5.69 Å². The lowest BCUT2D eigenvalue weighted by Crippen LogP contribution is -2.02. The topological polar surface area (TPSA) is 70.2 Å². The average Bonchev–Trinajstić information content (AvgIpc) is 2.75. The van der Waals surface area contributed by atoms with E-state index in [9.17, 15) is 10.1 Å². The number of nitrogens with zero attached hydrogens (tertiary/aromatic N) is 3. The van der Waals surface area contributed by atoms with E-state index in [0.717, 1.165) is 21.8 Å². The third-order valence-electron chi connectivity index (χ3n) is 3.35. The number of rotatable bonds is 3. The average molecular weight is 271 g/mol. The van der Waals surface area contributed by atoms with Gasteiger partial charge in [-0.05, 0) is 16.0 Å². The van der Waals surface area contributed by atoms with Crippen LogP contribution in [0.1, 0.15) is 5.69 Å². The normalized spacial score (nSPS) is 11.3. The molecule has 0 spiro atoms. The van der Waals surface area contributed by atoms with Gasteiger partial charge in [-0.15, -0.1) is 0 Å². The van der Waals surface area contributed by atoms with Crippen molar-refractivity contribution in [3.05, 3.63) is 46.1 Å². The first kappa shape index (κ1) is 12.6. The molecule has 0 N–H and O–H groups in total. The van der Waals surface area contributed by atoms with Crippen LogP contribution >= 0.6 is 0 Å². The molecule has 3 aromatic rings. The summed E-state index contributed by atoms with van der Waals surface area (Å²) in [7, 11) is 1.62. The Hall–Kier alpha value is -2.47. The molecule has 6 nitrogen and oxygen atoms in total. The van der Waals surface area contributed by atoms with E-state index in [2.05, 4.69) is 4.98 Å². The largest absolute Gasteiger partial charge is 0.364 e. The SMILES string of the molecule is COCn1c2ccccc2c2cc([N+](=O)[O-])nc(C)c21. The first-order chi connectivity index (χ1) is 9.63. The lowest BCUT2D eigenvalue weighted by atomic mass is 10.1. The second kappa shape index (κ2) is 4.57. The van der Waals surface area contributed by atoms with E-state index in [0.29, 0.717) is 12.4 Å². The minimum atomic E-state index is -0.463. The maximum absolute atomic E-state index is 11.0. The number of pyridine rings is 1. The number of hydrogen-bond donors (Lipinski definition) is 0. The van der Waals surface area contributed by atoms with E-state index in [-0.39, 0.29) is 5.82 Å². The van der Waals surface area contributed by atoms with E-state index in [4.69, 9.17) is 4.74 Å². The lowest BCUT2D eigenvalue weighted by Gasteiger charge is -2.05. The third-order valence-corrected chi connectivity index (χ3v) is 3.35. The molecule has 102 valence electrons. The zero-order valence-corrected chi connectivity index (χ0v) is 11.2. The molecule has 3 rings (SSSR count). The van der Waals surface area contributed by atoms with Gasteiger partial charge in [-0.25, -0.2) is 0 Å². The third kappa shape index (κ3) is 1.73. The summed E-state index contributed by atoms with van der Waals surface area (Å²) < 4.78 is 7.22. The Kier molecular flexibility index (Phi) is 2.87. The van der Waals surface area contributed by atoms with Gasteiger partial charge >= 0.3 is 5.82 Å². The molecule has 0 bridgehead atoms. The maximum Gasteiger partial charge on any atom is 0.364 e. The quantitative estimate of drug-likeness (QED) is 0.542. The van der Waals surface area contributed by atoms with Gasteiger partial charge in [0.25, 0.3) is 0 Å². The number of para-hydroxylation sites is 1. The first-order valence-electron chi connectivity index (χ1n) is 6.15. The second-order valence-electron chi connectivity index (χ2n) is 4.58. The standard InChI is InChI=1S/C14H13N3O3/c1-9-14-11(7-13(15-9)17(18)19)10-5-3-4-6-12(10)16(14)8-20-2/h3-7H,8H2,1-2H3. The first-order valence-corrected chi connectivity index (χ1v) is 6.15. The van der Waals surface area contributed by atoms with Crippen molar-refractivity contribution in [3.63, 3.8) is 0 Å². The zero-order chi connectivity index (χ0) is 14.3. The van der Waals surface area contributed by atoms with E-state index in [1.54, 1.807) is 14.0 Å². The van der Waals surface area contributed by atoms with Crippen molar-refractivity contribution in [3.8, 4) is 0 Å². The van der Waals surface area contributed by atoms with Crippen molar-refractivity contribution in [1.82, 2.24) is 9.55 Å². The molecule has 0 unspecified atom stereocenters. The monoisotopic (exact) mass is 271 g/mol. The summed E-state index contributed by atoms with van der Waals surface area (Å²) in [5.41, 5.74) is 2.48. The Bertz CT molecular complexity index is 823. The van der Waals surface area contributed by atoms with Gasteiger partial charge in [0.2, 0.25) is 0 Å². The van der Waals surface area contributed by atoms with Crippen LogP contribution in [0.4, 0.5) is 5.82 Å². The Morgan fingerprint density at radius 1 is 1.35 bits per heavy atom. The molecule has 0 amide bonds. The Labute approximate surface area is 114 Å². The highest BCUT2D eigenvalue weighted by atomic mass is 16.6. The van der Waals surface area contributed by atoms with Gasteiger partial charge in [0.05, 0.1) is 11.0 Å². The van der Waals surface area contributed by atoms with Crippen molar-refractivity contribution < 1.29 is 9.66 Å². The summed E-state index contributed by atoms with van der Waals surface area (Å²) in [5, 5.41) is 12.8. The van der Waals surface area contributed by atoms with E-state index in [1.165, 1.54) is 6.07 Å². The summed E-state index contributed by atoms with van der Waals surface area (Å²) in [6.07, 6.45) is 0. The van der Waals surface area contributed by atoms with Gasteiger partial charge in [0, 0.05) is 30.9 Å². The van der Waals surface area contributed by atoms with Crippen LogP contribution in [0.2, 0.25) is 0 Å². The van der Waals surface area contributed by atoms with Crippen LogP contribution in [0.5, 0.6) is 0 Å². The molecular weight excluding hydrogens is 258 g/mol. The van der Waals surface area contributed by atoms with E-state index >= 15 is 0 Å². The molecule has 20 heavy (non-hydrogen) atoms. The molecule has 1 aromatic carbocycles. The van der Waals surface area contributed by atoms with Crippen LogP contribution < -0.4 is 0 Å². The van der Waals surface area contributed by atoms with Crippen LogP contribution in [-0.4, -0.2) is 21.6 Å². The van der Waals surface area contributed by atoms with Crippen LogP contribution in [0, 0.1) is 17.0 Å². The highest BCUT2D eigenvalue weighted by Crippen LogP contribution is 2.32. The summed E-state index contributed by atoms with van der Waals surface area (Å²) in [5.74, 6) is -0.129. The van der Waals surface area contributed by atoms with E-state index in [1.807, 2.05) is 28.8 Å². The number of hydrogen-bond acceptors (Lipinski definition) is 4. The van der Waals surface area contributed by atoms with Crippen LogP contribution in [0.3, 0.4) is 0 Å². The molecule has 0 fully saturated rings. The number of aryl methyl sites for hydroxylation is 1.